The van der Waals surface area contributed by atoms with Gasteiger partial charge in [-0.25, -0.2) is 0 Å². The molecule has 2 nitrogen and oxygen atoms in total. The average molecular weight is 309 g/mol. The maximum absolute atomic E-state index is 11.0. The van der Waals surface area contributed by atoms with E-state index in [1.807, 2.05) is 0 Å². The molecule has 0 aliphatic heterocycles. The van der Waals surface area contributed by atoms with Gasteiger partial charge in [-0.05, 0) is 0 Å². The molecule has 0 saturated heterocycles. The van der Waals surface area contributed by atoms with Crippen molar-refractivity contribution in [2.45, 2.75) is 88.7 Å². The van der Waals surface area contributed by atoms with E-state index >= 15 is 0 Å². The van der Waals surface area contributed by atoms with Gasteiger partial charge in [0.25, 0.3) is 0 Å². The van der Waals surface area contributed by atoms with Crippen molar-refractivity contribution in [1.29, 1.82) is 0 Å². The molecule has 0 radical (unpaired) electrons. The fourth-order valence-electron chi connectivity index (χ4n) is 2.03. The predicted molar refractivity (Wildman–Crippen MR) is 74.3 cm³/mol. The zero-order valence-electron chi connectivity index (χ0n) is 11.7. The second kappa shape index (κ2) is 11.2. The Balaban J connectivity index is 3.04. The number of unbranched alkanes of at least 4 members (excludes halogenated alkanes) is 10. The van der Waals surface area contributed by atoms with E-state index in [1.54, 1.807) is 0 Å². The summed E-state index contributed by atoms with van der Waals surface area (Å²) in [4.78, 5) is 0. The van der Waals surface area contributed by atoms with Crippen LogP contribution in [0.25, 0.3) is 0 Å². The summed E-state index contributed by atoms with van der Waals surface area (Å²) in [7, 11) is 0. The molecular formula is C14H30O2Se. The molecule has 0 saturated carbocycles. The van der Waals surface area contributed by atoms with Gasteiger partial charge in [-0.3, -0.25) is 0 Å². The van der Waals surface area contributed by atoms with Crippen molar-refractivity contribution < 1.29 is 7.67 Å². The van der Waals surface area contributed by atoms with Crippen molar-refractivity contribution in [3.8, 4) is 0 Å². The molecule has 0 aliphatic carbocycles. The summed E-state index contributed by atoms with van der Waals surface area (Å²) in [5.41, 5.74) is 0. The Labute approximate surface area is 109 Å². The summed E-state index contributed by atoms with van der Waals surface area (Å²) in [6, 6.07) is 0. The molecule has 0 aromatic carbocycles. The van der Waals surface area contributed by atoms with Crippen molar-refractivity contribution in [3.05, 3.63) is 0 Å². The predicted octanol–water partition coefficient (Wildman–Crippen LogP) is 5.23. The van der Waals surface area contributed by atoms with Crippen molar-refractivity contribution in [2.24, 2.45) is 0 Å². The zero-order chi connectivity index (χ0) is 13.0. The van der Waals surface area contributed by atoms with Crippen LogP contribution in [0.1, 0.15) is 77.6 Å². The van der Waals surface area contributed by atoms with Crippen LogP contribution in [0.3, 0.4) is 0 Å². The fourth-order valence-corrected chi connectivity index (χ4v) is 3.56. The quantitative estimate of drug-likeness (QED) is 0.365. The van der Waals surface area contributed by atoms with Crippen LogP contribution in [0.15, 0.2) is 0 Å². The van der Waals surface area contributed by atoms with Gasteiger partial charge in [0.1, 0.15) is 0 Å². The molecule has 0 N–H and O–H groups in total. The molecule has 0 aromatic rings. The first-order chi connectivity index (χ1) is 8.06. The molecule has 17 heavy (non-hydrogen) atoms. The summed E-state index contributed by atoms with van der Waals surface area (Å²) < 4.78 is 21.9. The first kappa shape index (κ1) is 17.1. The zero-order valence-corrected chi connectivity index (χ0v) is 13.4. The van der Waals surface area contributed by atoms with Gasteiger partial charge in [-0.2, -0.15) is 0 Å². The van der Waals surface area contributed by atoms with Crippen LogP contribution in [-0.2, 0) is 7.67 Å². The number of hydrogen-bond acceptors (Lipinski definition) is 2. The minimum atomic E-state index is -3.41. The third-order valence-corrected chi connectivity index (χ3v) is 5.28. The van der Waals surface area contributed by atoms with Gasteiger partial charge in [0.15, 0.2) is 0 Å². The molecule has 104 valence electrons. The second-order valence-corrected chi connectivity index (χ2v) is 9.91. The van der Waals surface area contributed by atoms with Crippen molar-refractivity contribution in [1.82, 2.24) is 0 Å². The van der Waals surface area contributed by atoms with Gasteiger partial charge in [0.2, 0.25) is 0 Å². The van der Waals surface area contributed by atoms with E-state index in [1.165, 1.54) is 63.6 Å². The maximum atomic E-state index is 11.0. The Morgan fingerprint density at radius 3 is 1.35 bits per heavy atom. The molecule has 0 rings (SSSR count). The van der Waals surface area contributed by atoms with E-state index in [0.29, 0.717) is 5.32 Å². The van der Waals surface area contributed by atoms with Crippen LogP contribution in [0.2, 0.25) is 11.1 Å². The van der Waals surface area contributed by atoms with Crippen molar-refractivity contribution in [2.75, 3.05) is 0 Å². The van der Waals surface area contributed by atoms with E-state index in [2.05, 4.69) is 6.92 Å². The van der Waals surface area contributed by atoms with Crippen molar-refractivity contribution >= 4 is 12.7 Å². The summed E-state index contributed by atoms with van der Waals surface area (Å²) >= 11 is -3.41. The van der Waals surface area contributed by atoms with E-state index < -0.39 is 12.7 Å². The first-order valence-electron chi connectivity index (χ1n) is 7.24. The molecule has 0 amide bonds. The minimum absolute atomic E-state index is 0.438. The van der Waals surface area contributed by atoms with E-state index in [4.69, 9.17) is 0 Å². The summed E-state index contributed by atoms with van der Waals surface area (Å²) in [6.07, 6.45) is 14.0. The summed E-state index contributed by atoms with van der Waals surface area (Å²) in [6.45, 7) is 2.25. The monoisotopic (exact) mass is 310 g/mol. The average Bonchev–Trinajstić information content (AvgIpc) is 2.24. The topological polar surface area (TPSA) is 34.1 Å². The number of hydrogen-bond donors (Lipinski definition) is 0. The van der Waals surface area contributed by atoms with Crippen LogP contribution >= 0.6 is 0 Å². The molecule has 0 fully saturated rings. The SMILES string of the molecule is CCCCCCCCCCCCC[Se](C)(=O)=O. The van der Waals surface area contributed by atoms with Gasteiger partial charge in [-0.1, -0.05) is 6.92 Å². The Morgan fingerprint density at radius 2 is 1.00 bits per heavy atom. The third kappa shape index (κ3) is 16.1. The molecule has 0 unspecified atom stereocenters. The molecule has 0 heterocycles. The molecule has 0 bridgehead atoms. The summed E-state index contributed by atoms with van der Waals surface area (Å²) in [5, 5.41) is 0.438. The van der Waals surface area contributed by atoms with Crippen LogP contribution in [0.5, 0.6) is 0 Å². The van der Waals surface area contributed by atoms with E-state index in [0.717, 1.165) is 12.8 Å². The molecule has 0 aliphatic rings. The van der Waals surface area contributed by atoms with Gasteiger partial charge >= 0.3 is 102 Å². The van der Waals surface area contributed by atoms with Crippen LogP contribution in [-0.4, -0.2) is 12.7 Å². The van der Waals surface area contributed by atoms with Gasteiger partial charge in [0, 0.05) is 0 Å². The standard InChI is InChI=1S/C14H30O2Se/c1-3-4-5-6-7-8-9-10-11-12-13-14-17(2,15)16/h3-14H2,1-2H3. The van der Waals surface area contributed by atoms with Crippen LogP contribution < -0.4 is 0 Å². The van der Waals surface area contributed by atoms with Crippen LogP contribution in [0.4, 0.5) is 0 Å². The van der Waals surface area contributed by atoms with Gasteiger partial charge in [0.05, 0.1) is 0 Å². The second-order valence-electron chi connectivity index (χ2n) is 5.17. The van der Waals surface area contributed by atoms with Crippen LogP contribution in [0, 0.1) is 0 Å². The Morgan fingerprint density at radius 1 is 0.647 bits per heavy atom. The van der Waals surface area contributed by atoms with E-state index in [9.17, 15) is 7.67 Å². The first-order valence-corrected chi connectivity index (χ1v) is 11.6. The summed E-state index contributed by atoms with van der Waals surface area (Å²) in [5.74, 6) is 1.40. The third-order valence-electron chi connectivity index (χ3n) is 3.12. The van der Waals surface area contributed by atoms with E-state index in [-0.39, 0.29) is 0 Å². The molecular weight excluding hydrogens is 279 g/mol. The fraction of sp³-hybridized carbons (Fsp3) is 1.00. The normalized spacial score (nSPS) is 11.9. The molecule has 0 atom stereocenters. The van der Waals surface area contributed by atoms with Gasteiger partial charge in [-0.15, -0.1) is 0 Å². The Kier molecular flexibility index (Phi) is 11.3. The Hall–Kier alpha value is 0.119. The van der Waals surface area contributed by atoms with Gasteiger partial charge < -0.3 is 0 Å². The number of rotatable bonds is 12. The van der Waals surface area contributed by atoms with Crippen molar-refractivity contribution in [3.63, 3.8) is 0 Å². The molecule has 0 spiro atoms. The molecule has 3 heteroatoms. The Bertz CT molecular complexity index is 245. The molecule has 0 aromatic heterocycles.